The number of anilines is 1. The van der Waals surface area contributed by atoms with Crippen LogP contribution in [0.4, 0.5) is 5.95 Å². The summed E-state index contributed by atoms with van der Waals surface area (Å²) in [4.78, 5) is 24.4. The molecule has 0 atom stereocenters. The SMILES string of the molecule is CCOCc1c(Cl)c(C(=O)Nc2nnnn2CC)nn(C)c1=O. The second kappa shape index (κ2) is 7.29. The summed E-state index contributed by atoms with van der Waals surface area (Å²) in [6.07, 6.45) is 0. The molecular weight excluding hydrogens is 326 g/mol. The van der Waals surface area contributed by atoms with E-state index in [0.717, 1.165) is 4.68 Å². The number of hydrogen-bond acceptors (Lipinski definition) is 7. The van der Waals surface area contributed by atoms with Gasteiger partial charge in [-0.1, -0.05) is 16.7 Å². The molecule has 10 nitrogen and oxygen atoms in total. The molecule has 0 aliphatic rings. The maximum atomic E-state index is 12.4. The van der Waals surface area contributed by atoms with E-state index < -0.39 is 11.5 Å². The van der Waals surface area contributed by atoms with Gasteiger partial charge in [-0.05, 0) is 24.3 Å². The second-order valence-corrected chi connectivity index (χ2v) is 4.86. The van der Waals surface area contributed by atoms with E-state index in [0.29, 0.717) is 13.2 Å². The smallest absolute Gasteiger partial charge is 0.280 e. The minimum Gasteiger partial charge on any atom is -0.377 e. The highest BCUT2D eigenvalue weighted by Gasteiger charge is 2.21. The van der Waals surface area contributed by atoms with E-state index in [4.69, 9.17) is 16.3 Å². The molecule has 23 heavy (non-hydrogen) atoms. The van der Waals surface area contributed by atoms with Crippen molar-refractivity contribution in [2.75, 3.05) is 11.9 Å². The highest BCUT2D eigenvalue weighted by molar-refractivity contribution is 6.34. The highest BCUT2D eigenvalue weighted by atomic mass is 35.5. The lowest BCUT2D eigenvalue weighted by molar-refractivity contribution is 0.101. The fourth-order valence-corrected chi connectivity index (χ4v) is 2.07. The van der Waals surface area contributed by atoms with Gasteiger partial charge in [-0.25, -0.2) is 9.36 Å². The van der Waals surface area contributed by atoms with Crippen LogP contribution in [0.15, 0.2) is 4.79 Å². The fraction of sp³-hybridized carbons (Fsp3) is 0.500. The molecule has 0 bridgehead atoms. The van der Waals surface area contributed by atoms with E-state index >= 15 is 0 Å². The first-order valence-corrected chi connectivity index (χ1v) is 7.28. The highest BCUT2D eigenvalue weighted by Crippen LogP contribution is 2.18. The Morgan fingerprint density at radius 1 is 1.39 bits per heavy atom. The number of nitrogens with one attached hydrogen (secondary N) is 1. The minimum atomic E-state index is -0.618. The first-order valence-electron chi connectivity index (χ1n) is 6.90. The van der Waals surface area contributed by atoms with Crippen molar-refractivity contribution in [3.05, 3.63) is 26.6 Å². The Kier molecular flexibility index (Phi) is 5.40. The quantitative estimate of drug-likeness (QED) is 0.799. The van der Waals surface area contributed by atoms with Gasteiger partial charge in [-0.15, -0.1) is 0 Å². The fourth-order valence-electron chi connectivity index (χ4n) is 1.81. The second-order valence-electron chi connectivity index (χ2n) is 4.48. The van der Waals surface area contributed by atoms with Gasteiger partial charge in [-0.3, -0.25) is 14.9 Å². The van der Waals surface area contributed by atoms with Crippen LogP contribution < -0.4 is 10.9 Å². The van der Waals surface area contributed by atoms with Gasteiger partial charge in [0.15, 0.2) is 5.69 Å². The molecule has 0 saturated heterocycles. The molecule has 2 rings (SSSR count). The molecule has 0 radical (unpaired) electrons. The van der Waals surface area contributed by atoms with Crippen molar-refractivity contribution in [1.29, 1.82) is 0 Å². The zero-order valence-electron chi connectivity index (χ0n) is 12.9. The van der Waals surface area contributed by atoms with Crippen LogP contribution in [-0.2, 0) is 24.9 Å². The first kappa shape index (κ1) is 17.0. The molecule has 11 heteroatoms. The van der Waals surface area contributed by atoms with E-state index in [1.54, 1.807) is 6.92 Å². The monoisotopic (exact) mass is 341 g/mol. The summed E-state index contributed by atoms with van der Waals surface area (Å²) in [5, 5.41) is 17.2. The predicted molar refractivity (Wildman–Crippen MR) is 81.3 cm³/mol. The van der Waals surface area contributed by atoms with Crippen molar-refractivity contribution >= 4 is 23.5 Å². The molecule has 1 N–H and O–H groups in total. The van der Waals surface area contributed by atoms with E-state index in [2.05, 4.69) is 25.9 Å². The average Bonchev–Trinajstić information content (AvgIpc) is 2.98. The number of nitrogens with zero attached hydrogens (tertiary/aromatic N) is 6. The van der Waals surface area contributed by atoms with Crippen LogP contribution in [0.3, 0.4) is 0 Å². The maximum absolute atomic E-state index is 12.4. The normalized spacial score (nSPS) is 10.8. The summed E-state index contributed by atoms with van der Waals surface area (Å²) in [6.45, 7) is 4.50. The lowest BCUT2D eigenvalue weighted by Gasteiger charge is -2.10. The van der Waals surface area contributed by atoms with Gasteiger partial charge >= 0.3 is 0 Å². The predicted octanol–water partition coefficient (Wildman–Crippen LogP) is 0.229. The number of carbonyl (C=O) groups is 1. The Balaban J connectivity index is 2.37. The largest absolute Gasteiger partial charge is 0.377 e. The lowest BCUT2D eigenvalue weighted by Crippen LogP contribution is -2.29. The molecule has 2 aromatic heterocycles. The third kappa shape index (κ3) is 3.54. The van der Waals surface area contributed by atoms with Crippen LogP contribution in [0.25, 0.3) is 0 Å². The number of carbonyl (C=O) groups excluding carboxylic acids is 1. The maximum Gasteiger partial charge on any atom is 0.280 e. The molecular formula is C12H16ClN7O3. The third-order valence-corrected chi connectivity index (χ3v) is 3.40. The van der Waals surface area contributed by atoms with Gasteiger partial charge in [0.2, 0.25) is 5.95 Å². The summed E-state index contributed by atoms with van der Waals surface area (Å²) in [7, 11) is 1.43. The molecule has 2 heterocycles. The number of amides is 1. The zero-order chi connectivity index (χ0) is 17.0. The molecule has 1 amide bonds. The van der Waals surface area contributed by atoms with E-state index in [1.165, 1.54) is 11.7 Å². The Morgan fingerprint density at radius 2 is 2.13 bits per heavy atom. The number of tetrazole rings is 1. The van der Waals surface area contributed by atoms with Crippen molar-refractivity contribution in [2.24, 2.45) is 7.05 Å². The molecule has 0 spiro atoms. The van der Waals surface area contributed by atoms with Gasteiger partial charge in [0.25, 0.3) is 11.5 Å². The zero-order valence-corrected chi connectivity index (χ0v) is 13.7. The molecule has 0 saturated carbocycles. The van der Waals surface area contributed by atoms with Crippen LogP contribution in [0, 0.1) is 0 Å². The Labute approximate surface area is 136 Å². The van der Waals surface area contributed by atoms with Crippen molar-refractivity contribution in [3.8, 4) is 0 Å². The molecule has 0 unspecified atom stereocenters. The molecule has 0 aromatic carbocycles. The van der Waals surface area contributed by atoms with E-state index in [1.807, 2.05) is 6.92 Å². The van der Waals surface area contributed by atoms with Crippen LogP contribution in [0.5, 0.6) is 0 Å². The van der Waals surface area contributed by atoms with Crippen molar-refractivity contribution in [3.63, 3.8) is 0 Å². The van der Waals surface area contributed by atoms with Crippen LogP contribution in [0.1, 0.15) is 29.9 Å². The van der Waals surface area contributed by atoms with Crippen molar-refractivity contribution < 1.29 is 9.53 Å². The number of rotatable bonds is 6. The Morgan fingerprint density at radius 3 is 2.78 bits per heavy atom. The standard InChI is InChI=1S/C12H16ClN7O3/c1-4-20-12(15-17-18-20)14-10(21)9-8(13)7(6-23-5-2)11(22)19(3)16-9/h4-6H2,1-3H3,(H,14,15,18,21). The number of hydrogen-bond donors (Lipinski definition) is 1. The van der Waals surface area contributed by atoms with Crippen molar-refractivity contribution in [2.45, 2.75) is 27.0 Å². The van der Waals surface area contributed by atoms with Gasteiger partial charge in [0.1, 0.15) is 0 Å². The van der Waals surface area contributed by atoms with Crippen LogP contribution in [0.2, 0.25) is 5.02 Å². The minimum absolute atomic E-state index is 0.00248. The first-order chi connectivity index (χ1) is 11.0. The average molecular weight is 342 g/mol. The summed E-state index contributed by atoms with van der Waals surface area (Å²) >= 11 is 6.16. The van der Waals surface area contributed by atoms with Crippen molar-refractivity contribution in [1.82, 2.24) is 30.0 Å². The summed E-state index contributed by atoms with van der Waals surface area (Å²) < 4.78 is 7.66. The molecule has 0 aliphatic carbocycles. The molecule has 0 fully saturated rings. The van der Waals surface area contributed by atoms with Gasteiger partial charge < -0.3 is 4.74 Å². The lowest BCUT2D eigenvalue weighted by atomic mass is 10.2. The molecule has 0 aliphatic heterocycles. The molecule has 2 aromatic rings. The van der Waals surface area contributed by atoms with Gasteiger partial charge in [0.05, 0.1) is 17.2 Å². The Bertz CT molecular complexity index is 771. The number of ether oxygens (including phenoxy) is 1. The van der Waals surface area contributed by atoms with E-state index in [-0.39, 0.29) is 28.8 Å². The number of aryl methyl sites for hydroxylation is 2. The van der Waals surface area contributed by atoms with Crippen LogP contribution in [-0.4, -0.2) is 42.5 Å². The number of aromatic nitrogens is 6. The number of halogens is 1. The topological polar surface area (TPSA) is 117 Å². The third-order valence-electron chi connectivity index (χ3n) is 3.00. The molecule has 124 valence electrons. The van der Waals surface area contributed by atoms with Gasteiger partial charge in [-0.2, -0.15) is 5.10 Å². The summed E-state index contributed by atoms with van der Waals surface area (Å²) in [6, 6.07) is 0. The van der Waals surface area contributed by atoms with Crippen LogP contribution >= 0.6 is 11.6 Å². The Hall–Kier alpha value is -2.33. The van der Waals surface area contributed by atoms with Gasteiger partial charge in [0, 0.05) is 20.2 Å². The van der Waals surface area contributed by atoms with E-state index in [9.17, 15) is 9.59 Å². The summed E-state index contributed by atoms with van der Waals surface area (Å²) in [5.74, 6) is -0.455. The summed E-state index contributed by atoms with van der Waals surface area (Å²) in [5.41, 5.74) is -0.348.